The first-order valence-corrected chi connectivity index (χ1v) is 5.75. The maximum absolute atomic E-state index is 13.5. The summed E-state index contributed by atoms with van der Waals surface area (Å²) in [6, 6.07) is 8.10. The fourth-order valence-electron chi connectivity index (χ4n) is 1.33. The van der Waals surface area contributed by atoms with E-state index >= 15 is 0 Å². The molecule has 1 N–H and O–H groups in total. The van der Waals surface area contributed by atoms with Gasteiger partial charge < -0.3 is 5.32 Å². The van der Waals surface area contributed by atoms with E-state index in [1.165, 1.54) is 24.3 Å². The Morgan fingerprint density at radius 2 is 1.89 bits per heavy atom. The Kier molecular flexibility index (Phi) is 3.66. The lowest BCUT2D eigenvalue weighted by atomic mass is 10.3. The maximum Gasteiger partial charge on any atom is 0.274 e. The third-order valence-electron chi connectivity index (χ3n) is 2.15. The zero-order chi connectivity index (χ0) is 13.1. The molecule has 1 heterocycles. The average Bonchev–Trinajstić information content (AvgIpc) is 2.34. The van der Waals surface area contributed by atoms with Gasteiger partial charge in [-0.25, -0.2) is 9.37 Å². The molecule has 1 aromatic heterocycles. The van der Waals surface area contributed by atoms with E-state index in [0.717, 1.165) is 6.07 Å². The van der Waals surface area contributed by atoms with E-state index in [1.807, 2.05) is 0 Å². The number of hydrogen-bond acceptors (Lipinski definition) is 2. The fourth-order valence-corrected chi connectivity index (χ4v) is 1.77. The number of nitrogens with zero attached hydrogens (tertiary/aromatic N) is 1. The molecule has 18 heavy (non-hydrogen) atoms. The molecule has 0 aliphatic carbocycles. The highest BCUT2D eigenvalue weighted by Gasteiger charge is 2.13. The van der Waals surface area contributed by atoms with E-state index in [2.05, 4.69) is 26.2 Å². The Balaban J connectivity index is 2.27. The molecule has 3 nitrogen and oxygen atoms in total. The molecular weight excluding hydrogens is 306 g/mol. The standard InChI is InChI=1S/C12H7BrF2N2O/c13-7-3-1-4-8(14)11(7)17-12(18)9-5-2-6-10(15)16-9/h1-6H,(H,17,18). The minimum atomic E-state index is -0.768. The van der Waals surface area contributed by atoms with E-state index < -0.39 is 17.7 Å². The monoisotopic (exact) mass is 312 g/mol. The Bertz CT molecular complexity index is 584. The average molecular weight is 313 g/mol. The van der Waals surface area contributed by atoms with Crippen molar-refractivity contribution in [3.63, 3.8) is 0 Å². The number of carbonyl (C=O) groups is 1. The van der Waals surface area contributed by atoms with Gasteiger partial charge in [0.15, 0.2) is 0 Å². The third kappa shape index (κ3) is 2.70. The van der Waals surface area contributed by atoms with Crippen LogP contribution in [0.25, 0.3) is 0 Å². The van der Waals surface area contributed by atoms with Crippen LogP contribution in [-0.2, 0) is 0 Å². The second-order valence-electron chi connectivity index (χ2n) is 3.40. The van der Waals surface area contributed by atoms with Gasteiger partial charge in [0.05, 0.1) is 5.69 Å². The summed E-state index contributed by atoms with van der Waals surface area (Å²) in [7, 11) is 0. The summed E-state index contributed by atoms with van der Waals surface area (Å²) in [5.74, 6) is -2.04. The van der Waals surface area contributed by atoms with E-state index in [9.17, 15) is 13.6 Å². The van der Waals surface area contributed by atoms with Crippen molar-refractivity contribution in [2.45, 2.75) is 0 Å². The molecule has 0 fully saturated rings. The van der Waals surface area contributed by atoms with Crippen molar-refractivity contribution in [1.29, 1.82) is 0 Å². The summed E-state index contributed by atoms with van der Waals surface area (Å²) in [6.07, 6.45) is 0. The van der Waals surface area contributed by atoms with Crippen LogP contribution in [-0.4, -0.2) is 10.9 Å². The molecular formula is C12H7BrF2N2O. The Hall–Kier alpha value is -1.82. The van der Waals surface area contributed by atoms with Gasteiger partial charge in [0.1, 0.15) is 11.5 Å². The van der Waals surface area contributed by atoms with Gasteiger partial charge in [-0.3, -0.25) is 4.79 Å². The normalized spacial score (nSPS) is 10.2. The van der Waals surface area contributed by atoms with Gasteiger partial charge in [-0.15, -0.1) is 0 Å². The smallest absolute Gasteiger partial charge is 0.274 e. The molecule has 0 saturated carbocycles. The van der Waals surface area contributed by atoms with Crippen molar-refractivity contribution in [3.8, 4) is 0 Å². The van der Waals surface area contributed by atoms with E-state index in [0.29, 0.717) is 4.47 Å². The van der Waals surface area contributed by atoms with Crippen LogP contribution in [0.2, 0.25) is 0 Å². The molecule has 0 aliphatic rings. The summed E-state index contributed by atoms with van der Waals surface area (Å²) in [4.78, 5) is 15.2. The lowest BCUT2D eigenvalue weighted by molar-refractivity contribution is 0.102. The predicted octanol–water partition coefficient (Wildman–Crippen LogP) is 3.37. The van der Waals surface area contributed by atoms with Crippen LogP contribution in [0.15, 0.2) is 40.9 Å². The van der Waals surface area contributed by atoms with Crippen LogP contribution < -0.4 is 5.32 Å². The summed E-state index contributed by atoms with van der Waals surface area (Å²) in [6.45, 7) is 0. The zero-order valence-corrected chi connectivity index (χ0v) is 10.5. The van der Waals surface area contributed by atoms with Gasteiger partial charge in [-0.05, 0) is 40.2 Å². The van der Waals surface area contributed by atoms with Crippen LogP contribution >= 0.6 is 15.9 Å². The van der Waals surface area contributed by atoms with Gasteiger partial charge in [-0.2, -0.15) is 4.39 Å². The SMILES string of the molecule is O=C(Nc1c(F)cccc1Br)c1cccc(F)n1. The quantitative estimate of drug-likeness (QED) is 0.864. The van der Waals surface area contributed by atoms with Gasteiger partial charge in [0.25, 0.3) is 5.91 Å². The second-order valence-corrected chi connectivity index (χ2v) is 4.25. The number of halogens is 3. The fraction of sp³-hybridized carbons (Fsp3) is 0. The molecule has 6 heteroatoms. The number of nitrogens with one attached hydrogen (secondary N) is 1. The highest BCUT2D eigenvalue weighted by molar-refractivity contribution is 9.10. The number of anilines is 1. The number of amides is 1. The van der Waals surface area contributed by atoms with E-state index in [1.54, 1.807) is 6.07 Å². The Morgan fingerprint density at radius 3 is 2.56 bits per heavy atom. The molecule has 0 radical (unpaired) electrons. The van der Waals surface area contributed by atoms with Crippen molar-refractivity contribution in [2.75, 3.05) is 5.32 Å². The predicted molar refractivity (Wildman–Crippen MR) is 66.2 cm³/mol. The van der Waals surface area contributed by atoms with Crippen LogP contribution in [0, 0.1) is 11.8 Å². The molecule has 1 aromatic carbocycles. The van der Waals surface area contributed by atoms with Gasteiger partial charge in [0, 0.05) is 4.47 Å². The molecule has 0 unspecified atom stereocenters. The van der Waals surface area contributed by atoms with Gasteiger partial charge in [0.2, 0.25) is 5.95 Å². The van der Waals surface area contributed by atoms with E-state index in [4.69, 9.17) is 0 Å². The minimum absolute atomic E-state index is 0.00596. The number of pyridine rings is 1. The molecule has 0 saturated heterocycles. The van der Waals surface area contributed by atoms with Crippen molar-refractivity contribution >= 4 is 27.5 Å². The Labute approximate surface area is 110 Å². The highest BCUT2D eigenvalue weighted by Crippen LogP contribution is 2.25. The van der Waals surface area contributed by atoms with Crippen LogP contribution in [0.4, 0.5) is 14.5 Å². The summed E-state index contributed by atoms with van der Waals surface area (Å²) >= 11 is 3.11. The summed E-state index contributed by atoms with van der Waals surface area (Å²) in [5, 5.41) is 2.33. The molecule has 0 bridgehead atoms. The first-order chi connectivity index (χ1) is 8.58. The minimum Gasteiger partial charge on any atom is -0.317 e. The lowest BCUT2D eigenvalue weighted by Crippen LogP contribution is -2.15. The molecule has 1 amide bonds. The molecule has 92 valence electrons. The molecule has 2 rings (SSSR count). The van der Waals surface area contributed by atoms with Crippen molar-refractivity contribution < 1.29 is 13.6 Å². The first kappa shape index (κ1) is 12.6. The summed E-state index contributed by atoms with van der Waals surface area (Å²) in [5.41, 5.74) is -0.126. The molecule has 0 spiro atoms. The largest absolute Gasteiger partial charge is 0.317 e. The van der Waals surface area contributed by atoms with Crippen molar-refractivity contribution in [2.24, 2.45) is 0 Å². The number of hydrogen-bond donors (Lipinski definition) is 1. The van der Waals surface area contributed by atoms with Gasteiger partial charge in [-0.1, -0.05) is 12.1 Å². The third-order valence-corrected chi connectivity index (χ3v) is 2.81. The second kappa shape index (κ2) is 5.22. The van der Waals surface area contributed by atoms with Crippen LogP contribution in [0.3, 0.4) is 0 Å². The first-order valence-electron chi connectivity index (χ1n) is 4.96. The number of rotatable bonds is 2. The van der Waals surface area contributed by atoms with Crippen molar-refractivity contribution in [1.82, 2.24) is 4.98 Å². The lowest BCUT2D eigenvalue weighted by Gasteiger charge is -2.07. The van der Waals surface area contributed by atoms with Gasteiger partial charge >= 0.3 is 0 Å². The van der Waals surface area contributed by atoms with Crippen molar-refractivity contribution in [3.05, 3.63) is 58.3 Å². The maximum atomic E-state index is 13.5. The van der Waals surface area contributed by atoms with E-state index in [-0.39, 0.29) is 11.4 Å². The molecule has 2 aromatic rings. The van der Waals surface area contributed by atoms with Crippen LogP contribution in [0.1, 0.15) is 10.5 Å². The summed E-state index contributed by atoms with van der Waals surface area (Å²) < 4.78 is 26.7. The number of carbonyl (C=O) groups excluding carboxylic acids is 1. The Morgan fingerprint density at radius 1 is 1.17 bits per heavy atom. The number of benzene rings is 1. The zero-order valence-electron chi connectivity index (χ0n) is 8.95. The number of aromatic nitrogens is 1. The van der Waals surface area contributed by atoms with Crippen LogP contribution in [0.5, 0.6) is 0 Å². The topological polar surface area (TPSA) is 42.0 Å². The molecule has 0 atom stereocenters. The number of para-hydroxylation sites is 1. The highest BCUT2D eigenvalue weighted by atomic mass is 79.9. The molecule has 0 aliphatic heterocycles.